The van der Waals surface area contributed by atoms with Crippen molar-refractivity contribution in [2.45, 2.75) is 62.7 Å². The fourth-order valence-corrected chi connectivity index (χ4v) is 18.4. The minimum absolute atomic E-state index is 0.0993. The third-order valence-corrected chi connectivity index (χ3v) is 22.6. The van der Waals surface area contributed by atoms with E-state index >= 15 is 0 Å². The van der Waals surface area contributed by atoms with Gasteiger partial charge < -0.3 is 0 Å². The van der Waals surface area contributed by atoms with Gasteiger partial charge in [0.15, 0.2) is 34.9 Å². The summed E-state index contributed by atoms with van der Waals surface area (Å²) in [6, 6.07) is 94.8. The van der Waals surface area contributed by atoms with Crippen LogP contribution in [0.5, 0.6) is 0 Å². The van der Waals surface area contributed by atoms with Crippen molar-refractivity contribution in [3.63, 3.8) is 0 Å². The lowest BCUT2D eigenvalue weighted by Crippen LogP contribution is -2.55. The third kappa shape index (κ3) is 9.19. The average molecular weight is 1220 g/mol. The quantitative estimate of drug-likeness (QED) is 0.136. The predicted molar refractivity (Wildman–Crippen MR) is 386 cm³/mol. The minimum atomic E-state index is -0.114. The van der Waals surface area contributed by atoms with Gasteiger partial charge in [-0.2, -0.15) is 0 Å². The Balaban J connectivity index is 0.816. The van der Waals surface area contributed by atoms with Crippen molar-refractivity contribution in [3.8, 4) is 113 Å². The summed E-state index contributed by atoms with van der Waals surface area (Å²) in [5.41, 5.74) is 23.0. The molecule has 0 saturated heterocycles. The maximum absolute atomic E-state index is 5.68. The highest BCUT2D eigenvalue weighted by atomic mass is 15.0. The largest absolute Gasteiger partial charge is 0.208 e. The van der Waals surface area contributed by atoms with Gasteiger partial charge in [0.1, 0.15) is 0 Å². The summed E-state index contributed by atoms with van der Waals surface area (Å²) in [4.78, 5) is 33.2. The highest BCUT2D eigenvalue weighted by molar-refractivity contribution is 5.92. The Morgan fingerprint density at radius 1 is 0.316 bits per heavy atom. The van der Waals surface area contributed by atoms with Crippen molar-refractivity contribution < 1.29 is 0 Å². The molecule has 454 valence electrons. The summed E-state index contributed by atoms with van der Waals surface area (Å²) in [5.74, 6) is 6.80. The maximum Gasteiger partial charge on any atom is 0.164 e. The van der Waals surface area contributed by atoms with Gasteiger partial charge >= 0.3 is 0 Å². The van der Waals surface area contributed by atoms with E-state index in [1.54, 1.807) is 0 Å². The van der Waals surface area contributed by atoms with Crippen molar-refractivity contribution in [2.24, 2.45) is 29.6 Å². The molecule has 0 radical (unpaired) electrons. The lowest BCUT2D eigenvalue weighted by atomic mass is 9.42. The molecule has 2 aromatic heterocycles. The van der Waals surface area contributed by atoms with Crippen LogP contribution >= 0.6 is 0 Å². The molecule has 4 saturated carbocycles. The maximum atomic E-state index is 5.68. The van der Waals surface area contributed by atoms with Crippen LogP contribution in [0.15, 0.2) is 279 Å². The van der Waals surface area contributed by atoms with Crippen LogP contribution in [0.1, 0.15) is 79.9 Å². The van der Waals surface area contributed by atoms with Gasteiger partial charge in [0.25, 0.3) is 0 Å². The number of benzene rings is 11. The third-order valence-electron chi connectivity index (χ3n) is 22.6. The molecule has 4 bridgehead atoms. The van der Waals surface area contributed by atoms with E-state index in [-0.39, 0.29) is 22.7 Å². The van der Waals surface area contributed by atoms with Crippen LogP contribution in [-0.2, 0) is 10.8 Å². The molecule has 11 aromatic carbocycles. The number of rotatable bonds is 10. The summed E-state index contributed by atoms with van der Waals surface area (Å²) in [6.45, 7) is 4.78. The zero-order chi connectivity index (χ0) is 62.9. The molecule has 2 unspecified atom stereocenters. The molecular weight excluding hydrogens is 1150 g/mol. The highest BCUT2D eigenvalue weighted by Gasteiger charge is 2.62. The molecule has 0 aliphatic heterocycles. The van der Waals surface area contributed by atoms with Gasteiger partial charge in [-0.3, -0.25) is 0 Å². The van der Waals surface area contributed by atoms with Crippen LogP contribution in [0.4, 0.5) is 0 Å². The summed E-state index contributed by atoms with van der Waals surface area (Å²) in [5, 5.41) is 2.41. The van der Waals surface area contributed by atoms with E-state index in [1.807, 2.05) is 6.07 Å². The number of nitrogens with zero attached hydrogens (tertiary/aromatic N) is 6. The Kier molecular flexibility index (Phi) is 12.9. The van der Waals surface area contributed by atoms with E-state index in [4.69, 9.17) is 29.9 Å². The first-order valence-corrected chi connectivity index (χ1v) is 34.1. The molecule has 13 aromatic rings. The Hall–Kier alpha value is -10.8. The van der Waals surface area contributed by atoms with Crippen LogP contribution in [-0.4, -0.2) is 29.9 Å². The fraction of sp³-hybridized carbons (Fsp3) is 0.169. The molecule has 0 N–H and O–H groups in total. The highest BCUT2D eigenvalue weighted by Crippen LogP contribution is 2.70. The molecule has 4 fully saturated rings. The van der Waals surface area contributed by atoms with E-state index in [0.29, 0.717) is 46.8 Å². The summed E-state index contributed by atoms with van der Waals surface area (Å²) in [6.07, 6.45) is 13.6. The van der Waals surface area contributed by atoms with E-state index in [1.165, 1.54) is 92.9 Å². The van der Waals surface area contributed by atoms with Crippen molar-refractivity contribution >= 4 is 16.3 Å². The lowest BCUT2D eigenvalue weighted by Gasteiger charge is -2.61. The van der Waals surface area contributed by atoms with Gasteiger partial charge in [0.05, 0.1) is 0 Å². The molecule has 7 aliphatic carbocycles. The zero-order valence-electron chi connectivity index (χ0n) is 53.2. The van der Waals surface area contributed by atoms with Gasteiger partial charge in [0, 0.05) is 44.7 Å². The average Bonchev–Trinajstić information content (AvgIpc) is 1.55. The molecule has 6 nitrogen and oxygen atoms in total. The lowest BCUT2D eigenvalue weighted by molar-refractivity contribution is -0.0397. The zero-order valence-corrected chi connectivity index (χ0v) is 53.2. The van der Waals surface area contributed by atoms with Crippen molar-refractivity contribution in [3.05, 3.63) is 307 Å². The first-order chi connectivity index (χ1) is 46.7. The molecule has 95 heavy (non-hydrogen) atoms. The smallest absolute Gasteiger partial charge is 0.164 e. The molecule has 1 spiro atoms. The van der Waals surface area contributed by atoms with Crippen LogP contribution in [0.25, 0.3) is 129 Å². The van der Waals surface area contributed by atoms with E-state index in [2.05, 4.69) is 287 Å². The molecule has 6 heteroatoms. The number of aromatic nitrogens is 6. The first-order valence-electron chi connectivity index (χ1n) is 34.1. The second-order valence-electron chi connectivity index (χ2n) is 28.2. The Morgan fingerprint density at radius 3 is 1.43 bits per heavy atom. The molecule has 0 amide bonds. The minimum Gasteiger partial charge on any atom is -0.208 e. The summed E-state index contributed by atoms with van der Waals surface area (Å²) < 4.78 is 0. The van der Waals surface area contributed by atoms with E-state index < -0.39 is 0 Å². The number of hydrogen-bond donors (Lipinski definition) is 0. The first kappa shape index (κ1) is 55.8. The van der Waals surface area contributed by atoms with Crippen molar-refractivity contribution in [1.82, 2.24) is 29.9 Å². The van der Waals surface area contributed by atoms with Crippen molar-refractivity contribution in [1.29, 1.82) is 0 Å². The molecule has 20 rings (SSSR count). The van der Waals surface area contributed by atoms with E-state index in [0.717, 1.165) is 73.0 Å². The standard InChI is InChI=1S/C89H68N6/c1-88(2)78-29-13-11-25-74(78)76-42-41-67(53-80(76)88)85-93-84(66-24-15-23-64(49-66)65-40-37-57-19-9-10-22-63(57)48-65)94-87(95-85)70-51-68(73-27-16-28-77-75-26-12-14-30-79(75)89(81(73)77)71-44-54-43-55(46-71)47-72(89)45-54)50-69(52-70)86-91-82(61-20-7-4-8-21-61)90-83(92-86)62-38-35-60(36-39-62)59-33-31-58(32-34-59)56-17-5-3-6-18-56/h3-42,48-55,71-72,76,80H,43-47H2,1-2H3. The normalized spacial score (nSPS) is 21.3. The topological polar surface area (TPSA) is 77.3 Å². The molecular formula is C89H68N6. The molecule has 2 atom stereocenters. The van der Waals surface area contributed by atoms with E-state index in [9.17, 15) is 0 Å². The number of hydrogen-bond acceptors (Lipinski definition) is 6. The predicted octanol–water partition coefficient (Wildman–Crippen LogP) is 21.6. The van der Waals surface area contributed by atoms with Gasteiger partial charge in [0.2, 0.25) is 0 Å². The Labute approximate surface area is 555 Å². The Morgan fingerprint density at radius 2 is 0.758 bits per heavy atom. The second kappa shape index (κ2) is 21.9. The van der Waals surface area contributed by atoms with Gasteiger partial charge in [-0.15, -0.1) is 0 Å². The van der Waals surface area contributed by atoms with Crippen LogP contribution in [0.3, 0.4) is 0 Å². The van der Waals surface area contributed by atoms with Gasteiger partial charge in [-0.05, 0) is 186 Å². The number of allylic oxidation sites excluding steroid dienone is 4. The van der Waals surface area contributed by atoms with Gasteiger partial charge in [-0.1, -0.05) is 263 Å². The van der Waals surface area contributed by atoms with Gasteiger partial charge in [-0.25, -0.2) is 29.9 Å². The second-order valence-corrected chi connectivity index (χ2v) is 28.2. The number of fused-ring (bicyclic) bond motifs is 7. The van der Waals surface area contributed by atoms with Crippen LogP contribution in [0.2, 0.25) is 0 Å². The van der Waals surface area contributed by atoms with Crippen LogP contribution in [0, 0.1) is 29.6 Å². The SMILES string of the molecule is CC1(C)c2ccccc2C2C=CC(c3nc(-c4cccc(-c5ccc6ccccc6c5)c4)nc(-c4cc(-c5nc(-c6ccccc6)nc(-c6ccc(-c7ccc(-c8ccccc8)cc7)cc6)n5)cc(-c5cccc6c5C5(c7ccccc7-6)C6CC7CC(C6)CC5C7)c4)n3)=CC21. The fourth-order valence-electron chi connectivity index (χ4n) is 18.4. The van der Waals surface area contributed by atoms with Crippen LogP contribution < -0.4 is 0 Å². The summed E-state index contributed by atoms with van der Waals surface area (Å²) >= 11 is 0. The summed E-state index contributed by atoms with van der Waals surface area (Å²) in [7, 11) is 0. The molecule has 7 aliphatic rings. The van der Waals surface area contributed by atoms with Crippen molar-refractivity contribution in [2.75, 3.05) is 0 Å². The molecule has 2 heterocycles. The monoisotopic (exact) mass is 1220 g/mol. The Bertz CT molecular complexity index is 5270.